The van der Waals surface area contributed by atoms with Crippen molar-refractivity contribution >= 4 is 34.6 Å². The Balaban J connectivity index is 2.38. The maximum absolute atomic E-state index is 11.9. The molecule has 0 N–H and O–H groups in total. The fraction of sp³-hybridized carbons (Fsp3) is 0.0833. The monoisotopic (exact) mass is 374 g/mol. The van der Waals surface area contributed by atoms with Crippen molar-refractivity contribution in [2.24, 2.45) is 0 Å². The molecule has 0 radical (unpaired) electrons. The van der Waals surface area contributed by atoms with E-state index in [9.17, 15) is 4.79 Å². The van der Waals surface area contributed by atoms with Crippen molar-refractivity contribution in [1.82, 2.24) is 0 Å². The number of methoxy groups -OCH3 is 1. The number of hydrogen-bond acceptors (Lipinski definition) is 2. The Kier molecular flexibility index (Phi) is 6.11. The average Bonchev–Trinajstić information content (AvgIpc) is 2.75. The molecule has 3 aromatic rings. The first-order valence-electron chi connectivity index (χ1n) is 8.85. The smallest absolute Gasteiger partial charge is 0.333 e. The predicted octanol–water partition coefficient (Wildman–Crippen LogP) is 3.90. The number of esters is 1. The SMILES string of the molecule is COC(=O)/C(C)=C\C=P(c1ccccc1)(c1ccccc1)c1ccccc1. The maximum Gasteiger partial charge on any atom is 0.333 e. The molecule has 0 saturated carbocycles. The molecule has 0 aliphatic carbocycles. The van der Waals surface area contributed by atoms with Crippen LogP contribution in [0.15, 0.2) is 103 Å². The summed E-state index contributed by atoms with van der Waals surface area (Å²) >= 11 is 0. The molecular weight excluding hydrogens is 351 g/mol. The van der Waals surface area contributed by atoms with Crippen LogP contribution in [0.1, 0.15) is 6.92 Å². The van der Waals surface area contributed by atoms with E-state index in [2.05, 4.69) is 78.6 Å². The number of rotatable bonds is 5. The summed E-state index contributed by atoms with van der Waals surface area (Å²) in [4.78, 5) is 11.9. The molecule has 0 unspecified atom stereocenters. The van der Waals surface area contributed by atoms with E-state index in [1.54, 1.807) is 6.92 Å². The topological polar surface area (TPSA) is 26.3 Å². The molecule has 0 bridgehead atoms. The Morgan fingerprint density at radius 3 is 1.44 bits per heavy atom. The van der Waals surface area contributed by atoms with Gasteiger partial charge in [0.25, 0.3) is 0 Å². The normalized spacial score (nSPS) is 11.7. The minimum absolute atomic E-state index is 0.307. The van der Waals surface area contributed by atoms with Crippen LogP contribution in [0.2, 0.25) is 0 Å². The fourth-order valence-corrected chi connectivity index (χ4v) is 6.93. The van der Waals surface area contributed by atoms with Gasteiger partial charge in [-0.15, -0.1) is 0 Å². The van der Waals surface area contributed by atoms with Gasteiger partial charge in [0.15, 0.2) is 0 Å². The van der Waals surface area contributed by atoms with E-state index < -0.39 is 6.89 Å². The molecule has 0 spiro atoms. The van der Waals surface area contributed by atoms with Gasteiger partial charge >= 0.3 is 5.97 Å². The molecular formula is C24H23O2P. The minimum Gasteiger partial charge on any atom is -0.466 e. The van der Waals surface area contributed by atoms with Gasteiger partial charge in [-0.3, -0.25) is 0 Å². The fourth-order valence-electron chi connectivity index (χ4n) is 3.15. The zero-order valence-corrected chi connectivity index (χ0v) is 16.5. The lowest BCUT2D eigenvalue weighted by atomic mass is 10.3. The second-order valence-electron chi connectivity index (χ2n) is 6.22. The van der Waals surface area contributed by atoms with E-state index >= 15 is 0 Å². The molecule has 0 amide bonds. The number of carbonyl (C=O) groups excluding carboxylic acids is 1. The lowest BCUT2D eigenvalue weighted by molar-refractivity contribution is -0.136. The van der Waals surface area contributed by atoms with Crippen molar-refractivity contribution < 1.29 is 9.53 Å². The van der Waals surface area contributed by atoms with E-state index in [0.29, 0.717) is 5.57 Å². The first-order chi connectivity index (χ1) is 13.2. The van der Waals surface area contributed by atoms with Crippen LogP contribution in [0.3, 0.4) is 0 Å². The van der Waals surface area contributed by atoms with Gasteiger partial charge in [0.05, 0.1) is 7.11 Å². The summed E-state index contributed by atoms with van der Waals surface area (Å²) < 4.78 is 4.88. The Bertz CT molecular complexity index is 871. The Hall–Kier alpha value is -2.83. The van der Waals surface area contributed by atoms with Crippen LogP contribution in [0.5, 0.6) is 0 Å². The van der Waals surface area contributed by atoms with Crippen LogP contribution in [0, 0.1) is 0 Å². The summed E-state index contributed by atoms with van der Waals surface area (Å²) in [5.41, 5.74) is 0.588. The summed E-state index contributed by atoms with van der Waals surface area (Å²) in [6, 6.07) is 31.5. The van der Waals surface area contributed by atoms with E-state index in [4.69, 9.17) is 4.74 Å². The zero-order valence-electron chi connectivity index (χ0n) is 15.6. The molecule has 0 heterocycles. The lowest BCUT2D eigenvalue weighted by Crippen LogP contribution is -2.26. The van der Waals surface area contributed by atoms with Crippen molar-refractivity contribution in [3.8, 4) is 0 Å². The van der Waals surface area contributed by atoms with Crippen LogP contribution < -0.4 is 15.9 Å². The van der Waals surface area contributed by atoms with Gasteiger partial charge in [-0.25, -0.2) is 4.79 Å². The third kappa shape index (κ3) is 3.97. The average molecular weight is 374 g/mol. The second-order valence-corrected chi connectivity index (χ2v) is 9.51. The Labute approximate surface area is 161 Å². The highest BCUT2D eigenvalue weighted by Crippen LogP contribution is 2.43. The molecule has 3 aromatic carbocycles. The van der Waals surface area contributed by atoms with E-state index in [0.717, 1.165) is 0 Å². The molecule has 27 heavy (non-hydrogen) atoms. The number of benzene rings is 3. The summed E-state index contributed by atoms with van der Waals surface area (Å²) in [6.45, 7) is -0.277. The number of allylic oxidation sites excluding steroid dienone is 1. The molecule has 0 fully saturated rings. The summed E-state index contributed by atoms with van der Waals surface area (Å²) in [7, 11) is 1.41. The van der Waals surface area contributed by atoms with Crippen LogP contribution in [-0.2, 0) is 9.53 Å². The maximum atomic E-state index is 11.9. The first kappa shape index (κ1) is 18.9. The molecule has 3 heteroatoms. The van der Waals surface area contributed by atoms with Crippen molar-refractivity contribution in [1.29, 1.82) is 0 Å². The summed E-state index contributed by atoms with van der Waals surface area (Å²) in [5.74, 6) is 1.90. The third-order valence-corrected chi connectivity index (χ3v) is 8.48. The quantitative estimate of drug-likeness (QED) is 0.385. The molecule has 136 valence electrons. The number of ether oxygens (including phenoxy) is 1. The van der Waals surface area contributed by atoms with Gasteiger partial charge in [-0.2, -0.15) is 0 Å². The van der Waals surface area contributed by atoms with Gasteiger partial charge in [-0.05, 0) is 29.7 Å². The van der Waals surface area contributed by atoms with Crippen LogP contribution in [0.4, 0.5) is 0 Å². The summed E-state index contributed by atoms with van der Waals surface area (Å²) in [6.07, 6.45) is 1.91. The van der Waals surface area contributed by atoms with Gasteiger partial charge < -0.3 is 4.74 Å². The van der Waals surface area contributed by atoms with Crippen molar-refractivity contribution in [2.45, 2.75) is 6.92 Å². The van der Waals surface area contributed by atoms with Gasteiger partial charge in [0.2, 0.25) is 0 Å². The predicted molar refractivity (Wildman–Crippen MR) is 117 cm³/mol. The number of carbonyl (C=O) groups is 1. The molecule has 3 rings (SSSR count). The van der Waals surface area contributed by atoms with Crippen LogP contribution >= 0.6 is 6.89 Å². The summed E-state index contributed by atoms with van der Waals surface area (Å²) in [5, 5.41) is 3.74. The van der Waals surface area contributed by atoms with Gasteiger partial charge in [0, 0.05) is 5.57 Å². The second kappa shape index (κ2) is 8.70. The molecule has 0 aromatic heterocycles. The minimum atomic E-state index is -2.07. The molecule has 0 saturated heterocycles. The standard InChI is InChI=1S/C24H23O2P/c1-20(24(25)26-2)18-19-27(21-12-6-3-7-13-21,22-14-8-4-9-15-22)23-16-10-5-11-17-23/h3-19H,1-2H3/b20-18-. The zero-order chi connectivity index (χ0) is 19.1. The van der Waals surface area contributed by atoms with Gasteiger partial charge in [-0.1, -0.05) is 103 Å². The molecule has 2 nitrogen and oxygen atoms in total. The van der Waals surface area contributed by atoms with Crippen molar-refractivity contribution in [2.75, 3.05) is 7.11 Å². The Morgan fingerprint density at radius 1 is 0.741 bits per heavy atom. The molecule has 0 atom stereocenters. The van der Waals surface area contributed by atoms with Crippen LogP contribution in [0.25, 0.3) is 0 Å². The van der Waals surface area contributed by atoms with E-state index in [1.807, 2.05) is 24.3 Å². The van der Waals surface area contributed by atoms with Crippen molar-refractivity contribution in [3.05, 3.63) is 103 Å². The highest BCUT2D eigenvalue weighted by Gasteiger charge is 2.24. The van der Waals surface area contributed by atoms with E-state index in [-0.39, 0.29) is 5.97 Å². The van der Waals surface area contributed by atoms with E-state index in [1.165, 1.54) is 23.0 Å². The first-order valence-corrected chi connectivity index (χ1v) is 10.7. The third-order valence-electron chi connectivity index (χ3n) is 4.55. The molecule has 0 aliphatic heterocycles. The highest BCUT2D eigenvalue weighted by atomic mass is 31.2. The highest BCUT2D eigenvalue weighted by molar-refractivity contribution is 7.94. The van der Waals surface area contributed by atoms with Crippen LogP contribution in [-0.4, -0.2) is 18.9 Å². The Morgan fingerprint density at radius 2 is 1.11 bits per heavy atom. The number of hydrogen-bond donors (Lipinski definition) is 0. The largest absolute Gasteiger partial charge is 0.466 e. The van der Waals surface area contributed by atoms with Crippen molar-refractivity contribution in [3.63, 3.8) is 0 Å². The lowest BCUT2D eigenvalue weighted by Gasteiger charge is -2.28. The van der Waals surface area contributed by atoms with Gasteiger partial charge in [0.1, 0.15) is 0 Å². The molecule has 0 aliphatic rings.